The van der Waals surface area contributed by atoms with E-state index in [-0.39, 0.29) is 5.28 Å². The van der Waals surface area contributed by atoms with Gasteiger partial charge in [-0.05, 0) is 47.0 Å². The molecule has 6 heteroatoms. The Hall–Kier alpha value is -2.37. The van der Waals surface area contributed by atoms with Gasteiger partial charge in [0.05, 0.1) is 18.7 Å². The molecule has 0 amide bonds. The molecule has 2 N–H and O–H groups in total. The number of hydrogen-bond donors (Lipinski definition) is 1. The fraction of sp³-hybridized carbons (Fsp3) is 0.222. The number of rotatable bonds is 2. The van der Waals surface area contributed by atoms with Crippen LogP contribution >= 0.6 is 11.6 Å². The number of nitrogens with zero attached hydrogens (tertiary/aromatic N) is 3. The quantitative estimate of drug-likeness (QED) is 0.572. The number of benzene rings is 2. The molecule has 0 spiro atoms. The van der Waals surface area contributed by atoms with Crippen molar-refractivity contribution >= 4 is 34.0 Å². The van der Waals surface area contributed by atoms with E-state index >= 15 is 0 Å². The summed E-state index contributed by atoms with van der Waals surface area (Å²) < 4.78 is 5.42. The van der Waals surface area contributed by atoms with Crippen LogP contribution in [0.25, 0.3) is 22.0 Å². The molecule has 0 saturated carbocycles. The van der Waals surface area contributed by atoms with E-state index in [2.05, 4.69) is 27.0 Å². The number of morpholine rings is 1. The molecular formula is C18H17ClN4O. The minimum Gasteiger partial charge on any atom is -0.399 e. The Balaban J connectivity index is 1.82. The van der Waals surface area contributed by atoms with Crippen molar-refractivity contribution in [1.29, 1.82) is 0 Å². The SMILES string of the molecule is Nc1cccc(-c2ccc3c(N4CCOCC4)nc(Cl)nc3c2)c1. The zero-order valence-corrected chi connectivity index (χ0v) is 13.8. The summed E-state index contributed by atoms with van der Waals surface area (Å²) in [6.07, 6.45) is 0. The molecule has 0 bridgehead atoms. The third-order valence-electron chi connectivity index (χ3n) is 4.18. The first-order valence-corrected chi connectivity index (χ1v) is 8.24. The van der Waals surface area contributed by atoms with Crippen LogP contribution in [0.5, 0.6) is 0 Å². The maximum atomic E-state index is 6.17. The van der Waals surface area contributed by atoms with Gasteiger partial charge in [-0.2, -0.15) is 4.98 Å². The lowest BCUT2D eigenvalue weighted by molar-refractivity contribution is 0.122. The molecule has 0 radical (unpaired) electrons. The number of nitrogens with two attached hydrogens (primary N) is 1. The Labute approximate surface area is 145 Å². The highest BCUT2D eigenvalue weighted by molar-refractivity contribution is 6.28. The molecule has 3 aromatic rings. The minimum atomic E-state index is 0.258. The molecule has 1 saturated heterocycles. The molecule has 24 heavy (non-hydrogen) atoms. The summed E-state index contributed by atoms with van der Waals surface area (Å²) in [6, 6.07) is 14.0. The fourth-order valence-corrected chi connectivity index (χ4v) is 3.17. The number of aromatic nitrogens is 2. The monoisotopic (exact) mass is 340 g/mol. The zero-order chi connectivity index (χ0) is 16.5. The van der Waals surface area contributed by atoms with Crippen molar-refractivity contribution in [2.45, 2.75) is 0 Å². The largest absolute Gasteiger partial charge is 0.399 e. The van der Waals surface area contributed by atoms with E-state index in [1.54, 1.807) is 0 Å². The van der Waals surface area contributed by atoms with E-state index in [9.17, 15) is 0 Å². The van der Waals surface area contributed by atoms with Crippen LogP contribution < -0.4 is 10.6 Å². The Morgan fingerprint density at radius 1 is 1.00 bits per heavy atom. The van der Waals surface area contributed by atoms with E-state index in [1.807, 2.05) is 30.3 Å². The van der Waals surface area contributed by atoms with Gasteiger partial charge in [0.15, 0.2) is 0 Å². The van der Waals surface area contributed by atoms with Crippen molar-refractivity contribution in [3.8, 4) is 11.1 Å². The van der Waals surface area contributed by atoms with Crippen LogP contribution in [-0.4, -0.2) is 36.3 Å². The van der Waals surface area contributed by atoms with Gasteiger partial charge in [-0.25, -0.2) is 4.98 Å². The second-order valence-electron chi connectivity index (χ2n) is 5.77. The van der Waals surface area contributed by atoms with Gasteiger partial charge in [0.1, 0.15) is 5.82 Å². The van der Waals surface area contributed by atoms with Gasteiger partial charge in [-0.15, -0.1) is 0 Å². The summed E-state index contributed by atoms with van der Waals surface area (Å²) in [6.45, 7) is 3.01. The van der Waals surface area contributed by atoms with E-state index in [0.717, 1.165) is 46.6 Å². The van der Waals surface area contributed by atoms with Gasteiger partial charge < -0.3 is 15.4 Å². The van der Waals surface area contributed by atoms with Crippen molar-refractivity contribution in [2.24, 2.45) is 0 Å². The highest BCUT2D eigenvalue weighted by atomic mass is 35.5. The van der Waals surface area contributed by atoms with Crippen LogP contribution in [0.1, 0.15) is 0 Å². The van der Waals surface area contributed by atoms with Crippen LogP contribution in [-0.2, 0) is 4.74 Å². The predicted octanol–water partition coefficient (Wildman–Crippen LogP) is 3.37. The first-order chi connectivity index (χ1) is 11.7. The van der Waals surface area contributed by atoms with Crippen LogP contribution in [0, 0.1) is 0 Å². The van der Waals surface area contributed by atoms with E-state index in [4.69, 9.17) is 22.1 Å². The molecule has 4 rings (SSSR count). The number of anilines is 2. The average Bonchev–Trinajstić information content (AvgIpc) is 2.61. The van der Waals surface area contributed by atoms with Gasteiger partial charge in [0.25, 0.3) is 0 Å². The number of halogens is 1. The summed E-state index contributed by atoms with van der Waals surface area (Å²) in [7, 11) is 0. The van der Waals surface area contributed by atoms with Gasteiger partial charge in [-0.1, -0.05) is 18.2 Å². The molecule has 5 nitrogen and oxygen atoms in total. The molecule has 0 aliphatic carbocycles. The number of nitrogen functional groups attached to an aromatic ring is 1. The number of fused-ring (bicyclic) bond motifs is 1. The molecule has 0 unspecified atom stereocenters. The zero-order valence-electron chi connectivity index (χ0n) is 13.1. The standard InChI is InChI=1S/C18H17ClN4O/c19-18-21-16-11-13(12-2-1-3-14(20)10-12)4-5-15(16)17(22-18)23-6-8-24-9-7-23/h1-5,10-11H,6-9,20H2. The van der Waals surface area contributed by atoms with E-state index in [1.165, 1.54) is 0 Å². The maximum absolute atomic E-state index is 6.17. The van der Waals surface area contributed by atoms with Crippen molar-refractivity contribution in [2.75, 3.05) is 36.9 Å². The van der Waals surface area contributed by atoms with Crippen LogP contribution in [0.4, 0.5) is 11.5 Å². The predicted molar refractivity (Wildman–Crippen MR) is 97.4 cm³/mol. The second-order valence-corrected chi connectivity index (χ2v) is 6.11. The highest BCUT2D eigenvalue weighted by Gasteiger charge is 2.17. The number of ether oxygens (including phenoxy) is 1. The lowest BCUT2D eigenvalue weighted by atomic mass is 10.0. The van der Waals surface area contributed by atoms with Crippen molar-refractivity contribution in [3.05, 3.63) is 47.7 Å². The smallest absolute Gasteiger partial charge is 0.224 e. The normalized spacial score (nSPS) is 15.0. The molecule has 122 valence electrons. The van der Waals surface area contributed by atoms with Crippen molar-refractivity contribution in [3.63, 3.8) is 0 Å². The summed E-state index contributed by atoms with van der Waals surface area (Å²) in [4.78, 5) is 11.0. The lowest BCUT2D eigenvalue weighted by Gasteiger charge is -2.28. The summed E-state index contributed by atoms with van der Waals surface area (Å²) in [5.74, 6) is 0.868. The molecule has 2 aromatic carbocycles. The third-order valence-corrected chi connectivity index (χ3v) is 4.35. The Morgan fingerprint density at radius 3 is 2.58 bits per heavy atom. The van der Waals surface area contributed by atoms with Gasteiger partial charge in [-0.3, -0.25) is 0 Å². The molecule has 2 heterocycles. The van der Waals surface area contributed by atoms with Crippen molar-refractivity contribution in [1.82, 2.24) is 9.97 Å². The van der Waals surface area contributed by atoms with Gasteiger partial charge >= 0.3 is 0 Å². The molecule has 1 aliphatic heterocycles. The van der Waals surface area contributed by atoms with Crippen molar-refractivity contribution < 1.29 is 4.74 Å². The minimum absolute atomic E-state index is 0.258. The van der Waals surface area contributed by atoms with E-state index < -0.39 is 0 Å². The summed E-state index contributed by atoms with van der Waals surface area (Å²) >= 11 is 6.17. The molecule has 1 aliphatic rings. The van der Waals surface area contributed by atoms with Crippen LogP contribution in [0.3, 0.4) is 0 Å². The Bertz CT molecular complexity index is 893. The first-order valence-electron chi connectivity index (χ1n) is 7.86. The number of hydrogen-bond acceptors (Lipinski definition) is 5. The second kappa shape index (κ2) is 6.26. The molecular weight excluding hydrogens is 324 g/mol. The third kappa shape index (κ3) is 2.88. The Morgan fingerprint density at radius 2 is 1.79 bits per heavy atom. The van der Waals surface area contributed by atoms with E-state index in [0.29, 0.717) is 13.2 Å². The van der Waals surface area contributed by atoms with Gasteiger partial charge in [0.2, 0.25) is 5.28 Å². The summed E-state index contributed by atoms with van der Waals surface area (Å²) in [5.41, 5.74) is 9.57. The maximum Gasteiger partial charge on any atom is 0.224 e. The van der Waals surface area contributed by atoms with Crippen LogP contribution in [0.2, 0.25) is 5.28 Å². The first kappa shape index (κ1) is 15.2. The summed E-state index contributed by atoms with van der Waals surface area (Å²) in [5, 5.41) is 1.25. The fourth-order valence-electron chi connectivity index (χ4n) is 3.00. The molecule has 0 atom stereocenters. The van der Waals surface area contributed by atoms with Crippen LogP contribution in [0.15, 0.2) is 42.5 Å². The molecule has 1 aromatic heterocycles. The highest BCUT2D eigenvalue weighted by Crippen LogP contribution is 2.30. The Kier molecular flexibility index (Phi) is 3.96. The average molecular weight is 341 g/mol. The van der Waals surface area contributed by atoms with Gasteiger partial charge in [0, 0.05) is 24.2 Å². The topological polar surface area (TPSA) is 64.3 Å². The molecule has 1 fully saturated rings. The lowest BCUT2D eigenvalue weighted by Crippen LogP contribution is -2.37.